The maximum absolute atomic E-state index is 12.8. The third kappa shape index (κ3) is 2.44. The van der Waals surface area contributed by atoms with E-state index in [4.69, 9.17) is 0 Å². The van der Waals surface area contributed by atoms with Crippen LogP contribution in [0, 0.1) is 6.92 Å². The standard InChI is InChI=1S/C19H12BrN3O4/c1-9-7-13-15(8-14(9)20)22(10(2)24)19(27)16(13)21-23-17(25)11-5-3-4-6-12(11)18(23)26/h3-8H,1-2H3/b21-16-. The molecule has 0 radical (unpaired) electrons. The van der Waals surface area contributed by atoms with Crippen molar-refractivity contribution in [1.29, 1.82) is 0 Å². The maximum Gasteiger partial charge on any atom is 0.286 e. The number of carbonyl (C=O) groups excluding carboxylic acids is 4. The Morgan fingerprint density at radius 2 is 1.56 bits per heavy atom. The second-order valence-corrected chi connectivity index (χ2v) is 7.05. The van der Waals surface area contributed by atoms with Gasteiger partial charge in [-0.1, -0.05) is 28.1 Å². The summed E-state index contributed by atoms with van der Waals surface area (Å²) in [7, 11) is 0. The van der Waals surface area contributed by atoms with Gasteiger partial charge in [-0.05, 0) is 36.8 Å². The number of nitrogens with zero attached hydrogens (tertiary/aromatic N) is 3. The highest BCUT2D eigenvalue weighted by atomic mass is 79.9. The van der Waals surface area contributed by atoms with Gasteiger partial charge in [-0.2, -0.15) is 10.1 Å². The summed E-state index contributed by atoms with van der Waals surface area (Å²) in [5, 5.41) is 4.75. The predicted octanol–water partition coefficient (Wildman–Crippen LogP) is 2.65. The van der Waals surface area contributed by atoms with Gasteiger partial charge in [0.1, 0.15) is 0 Å². The fourth-order valence-electron chi connectivity index (χ4n) is 3.15. The minimum Gasteiger partial charge on any atom is -0.274 e. The molecule has 2 heterocycles. The molecule has 0 aromatic heterocycles. The first-order chi connectivity index (χ1) is 12.8. The van der Waals surface area contributed by atoms with Crippen LogP contribution < -0.4 is 4.90 Å². The second-order valence-electron chi connectivity index (χ2n) is 6.19. The zero-order valence-corrected chi connectivity index (χ0v) is 15.9. The summed E-state index contributed by atoms with van der Waals surface area (Å²) in [6.07, 6.45) is 0. The van der Waals surface area contributed by atoms with E-state index in [2.05, 4.69) is 21.0 Å². The van der Waals surface area contributed by atoms with Crippen LogP contribution in [0.5, 0.6) is 0 Å². The summed E-state index contributed by atoms with van der Waals surface area (Å²) >= 11 is 3.38. The maximum atomic E-state index is 12.8. The van der Waals surface area contributed by atoms with Crippen molar-refractivity contribution in [3.05, 3.63) is 63.1 Å². The van der Waals surface area contributed by atoms with Crippen molar-refractivity contribution >= 4 is 51.0 Å². The lowest BCUT2D eigenvalue weighted by Gasteiger charge is -2.12. The van der Waals surface area contributed by atoms with Gasteiger partial charge in [-0.3, -0.25) is 19.2 Å². The van der Waals surface area contributed by atoms with Gasteiger partial charge in [0.05, 0.1) is 16.8 Å². The normalized spacial score (nSPS) is 17.0. The van der Waals surface area contributed by atoms with Gasteiger partial charge in [0.2, 0.25) is 5.91 Å². The Morgan fingerprint density at radius 1 is 0.963 bits per heavy atom. The van der Waals surface area contributed by atoms with Gasteiger partial charge in [-0.15, -0.1) is 0 Å². The van der Waals surface area contributed by atoms with Crippen LogP contribution in [-0.4, -0.2) is 34.3 Å². The molecule has 0 atom stereocenters. The van der Waals surface area contributed by atoms with Crippen LogP contribution in [0.4, 0.5) is 5.69 Å². The molecule has 0 N–H and O–H groups in total. The molecule has 2 aliphatic heterocycles. The highest BCUT2D eigenvalue weighted by molar-refractivity contribution is 9.10. The molecule has 0 saturated carbocycles. The summed E-state index contributed by atoms with van der Waals surface area (Å²) in [5.74, 6) is -2.36. The Bertz CT molecular complexity index is 1070. The number of hydrogen-bond donors (Lipinski definition) is 0. The molecule has 2 aromatic carbocycles. The minimum absolute atomic E-state index is 0.120. The van der Waals surface area contributed by atoms with Crippen molar-refractivity contribution in [2.75, 3.05) is 4.90 Å². The van der Waals surface area contributed by atoms with Crippen molar-refractivity contribution < 1.29 is 19.2 Å². The van der Waals surface area contributed by atoms with Gasteiger partial charge in [0.25, 0.3) is 17.7 Å². The summed E-state index contributed by atoms with van der Waals surface area (Å²) in [6, 6.07) is 9.70. The van der Waals surface area contributed by atoms with E-state index in [0.29, 0.717) is 16.3 Å². The zero-order chi connectivity index (χ0) is 19.5. The largest absolute Gasteiger partial charge is 0.286 e. The summed E-state index contributed by atoms with van der Waals surface area (Å²) < 4.78 is 0.724. The molecular weight excluding hydrogens is 414 g/mol. The Labute approximate surface area is 162 Å². The molecular formula is C19H12BrN3O4. The molecule has 0 bridgehead atoms. The number of anilines is 1. The Kier molecular flexibility index (Phi) is 3.81. The molecule has 2 aromatic rings. The Hall–Kier alpha value is -3.13. The molecule has 0 spiro atoms. The number of hydrazone groups is 1. The van der Waals surface area contributed by atoms with E-state index in [1.54, 1.807) is 24.3 Å². The quantitative estimate of drug-likeness (QED) is 0.657. The van der Waals surface area contributed by atoms with Crippen LogP contribution in [-0.2, 0) is 9.59 Å². The number of amides is 4. The highest BCUT2D eigenvalue weighted by Gasteiger charge is 2.41. The number of carbonyl (C=O) groups is 4. The minimum atomic E-state index is -0.674. The number of fused-ring (bicyclic) bond motifs is 2. The Balaban J connectivity index is 1.87. The first-order valence-corrected chi connectivity index (χ1v) is 8.82. The van der Waals surface area contributed by atoms with Crippen molar-refractivity contribution in [3.63, 3.8) is 0 Å². The van der Waals surface area contributed by atoms with Crippen LogP contribution in [0.1, 0.15) is 38.8 Å². The smallest absolute Gasteiger partial charge is 0.274 e. The average Bonchev–Trinajstić information content (AvgIpc) is 3.02. The highest BCUT2D eigenvalue weighted by Crippen LogP contribution is 2.35. The summed E-state index contributed by atoms with van der Waals surface area (Å²) in [5.41, 5.74) is 1.92. The van der Waals surface area contributed by atoms with E-state index >= 15 is 0 Å². The van der Waals surface area contributed by atoms with E-state index in [1.807, 2.05) is 6.92 Å². The lowest BCUT2D eigenvalue weighted by Crippen LogP contribution is -2.36. The number of imide groups is 2. The number of aryl methyl sites for hydroxylation is 1. The van der Waals surface area contributed by atoms with Crippen molar-refractivity contribution in [1.82, 2.24) is 5.01 Å². The van der Waals surface area contributed by atoms with Gasteiger partial charge in [-0.25, -0.2) is 4.90 Å². The molecule has 0 fully saturated rings. The van der Waals surface area contributed by atoms with Gasteiger partial charge < -0.3 is 0 Å². The van der Waals surface area contributed by atoms with Gasteiger partial charge in [0.15, 0.2) is 5.71 Å². The van der Waals surface area contributed by atoms with Gasteiger partial charge in [0, 0.05) is 17.0 Å². The number of benzene rings is 2. The predicted molar refractivity (Wildman–Crippen MR) is 101 cm³/mol. The van der Waals surface area contributed by atoms with Crippen LogP contribution in [0.15, 0.2) is 46.0 Å². The van der Waals surface area contributed by atoms with Crippen LogP contribution in [0.3, 0.4) is 0 Å². The molecule has 4 rings (SSSR count). The van der Waals surface area contributed by atoms with E-state index in [9.17, 15) is 19.2 Å². The molecule has 27 heavy (non-hydrogen) atoms. The fourth-order valence-corrected chi connectivity index (χ4v) is 3.48. The summed E-state index contributed by atoms with van der Waals surface area (Å²) in [4.78, 5) is 50.9. The van der Waals surface area contributed by atoms with Crippen LogP contribution in [0.2, 0.25) is 0 Å². The Morgan fingerprint density at radius 3 is 2.11 bits per heavy atom. The van der Waals surface area contributed by atoms with Crippen LogP contribution >= 0.6 is 15.9 Å². The van der Waals surface area contributed by atoms with Gasteiger partial charge >= 0.3 is 0 Å². The lowest BCUT2D eigenvalue weighted by atomic mass is 10.1. The fraction of sp³-hybridized carbons (Fsp3) is 0.105. The number of rotatable bonds is 1. The molecule has 0 saturated heterocycles. The molecule has 8 heteroatoms. The molecule has 134 valence electrons. The van der Waals surface area contributed by atoms with Crippen molar-refractivity contribution in [2.24, 2.45) is 5.10 Å². The first-order valence-electron chi connectivity index (χ1n) is 8.03. The third-order valence-corrected chi connectivity index (χ3v) is 5.32. The van der Waals surface area contributed by atoms with Crippen molar-refractivity contribution in [2.45, 2.75) is 13.8 Å². The molecule has 7 nitrogen and oxygen atoms in total. The number of hydrogen-bond acceptors (Lipinski definition) is 5. The number of halogens is 1. The monoisotopic (exact) mass is 425 g/mol. The van der Waals surface area contributed by atoms with E-state index in [1.165, 1.54) is 19.1 Å². The summed E-state index contributed by atoms with van der Waals surface area (Å²) in [6.45, 7) is 3.09. The zero-order valence-electron chi connectivity index (χ0n) is 14.3. The molecule has 0 unspecified atom stereocenters. The topological polar surface area (TPSA) is 87.1 Å². The van der Waals surface area contributed by atoms with E-state index in [-0.39, 0.29) is 16.8 Å². The molecule has 2 aliphatic rings. The second kappa shape index (κ2) is 5.95. The average molecular weight is 426 g/mol. The first kappa shape index (κ1) is 17.3. The van der Waals surface area contributed by atoms with Crippen molar-refractivity contribution in [3.8, 4) is 0 Å². The van der Waals surface area contributed by atoms with E-state index in [0.717, 1.165) is 14.9 Å². The van der Waals surface area contributed by atoms with Crippen LogP contribution in [0.25, 0.3) is 0 Å². The molecule has 4 amide bonds. The third-order valence-electron chi connectivity index (χ3n) is 4.47. The lowest BCUT2D eigenvalue weighted by molar-refractivity contribution is -0.121. The van der Waals surface area contributed by atoms with E-state index < -0.39 is 23.6 Å². The molecule has 0 aliphatic carbocycles. The SMILES string of the molecule is CC(=O)N1C(=O)/C(=N\N2C(=O)c3ccccc3C2=O)c2cc(C)c(Br)cc21.